The highest BCUT2D eigenvalue weighted by Crippen LogP contribution is 2.55. The molecule has 1 saturated carbocycles. The summed E-state index contributed by atoms with van der Waals surface area (Å²) in [7, 11) is 1.43. The van der Waals surface area contributed by atoms with E-state index in [0.29, 0.717) is 5.02 Å². The number of nitrogens with zero attached hydrogens (tertiary/aromatic N) is 1. The molecule has 0 bridgehead atoms. The molecule has 1 N–H and O–H groups in total. The molecule has 90 valence electrons. The fourth-order valence-corrected chi connectivity index (χ4v) is 2.63. The number of rotatable bonds is 3. The Hall–Kier alpha value is -1.51. The molecule has 1 fully saturated rings. The quantitative estimate of drug-likeness (QED) is 0.666. The topological polar surface area (TPSA) is 58.9 Å². The Morgan fingerprint density at radius 1 is 1.59 bits per heavy atom. The standard InChI is InChI=1S/C12H12ClNO3/c1-7-5-8(16)11(17-2)10(13)9(7)12(3-4-12)14-6-15/h5,16H,3-4H2,1-2H3. The van der Waals surface area contributed by atoms with Crippen molar-refractivity contribution >= 4 is 17.7 Å². The van der Waals surface area contributed by atoms with Crippen LogP contribution < -0.4 is 4.74 Å². The molecule has 4 nitrogen and oxygen atoms in total. The normalized spacial score (nSPS) is 16.2. The maximum atomic E-state index is 10.5. The Morgan fingerprint density at radius 3 is 2.71 bits per heavy atom. The van der Waals surface area contributed by atoms with Crippen molar-refractivity contribution in [2.45, 2.75) is 25.3 Å². The molecule has 1 aliphatic rings. The number of ether oxygens (including phenoxy) is 1. The molecule has 0 spiro atoms. The molecule has 5 heteroatoms. The minimum atomic E-state index is -0.566. The molecule has 1 aromatic rings. The molecule has 1 aromatic carbocycles. The zero-order valence-electron chi connectivity index (χ0n) is 9.58. The number of aliphatic imine (C=N–C) groups is 1. The predicted molar refractivity (Wildman–Crippen MR) is 63.4 cm³/mol. The molecule has 17 heavy (non-hydrogen) atoms. The lowest BCUT2D eigenvalue weighted by Crippen LogP contribution is -2.07. The van der Waals surface area contributed by atoms with E-state index in [1.54, 1.807) is 12.1 Å². The van der Waals surface area contributed by atoms with Crippen molar-refractivity contribution in [1.29, 1.82) is 0 Å². The monoisotopic (exact) mass is 253 g/mol. The van der Waals surface area contributed by atoms with Gasteiger partial charge in [-0.2, -0.15) is 4.99 Å². The molecule has 0 aliphatic heterocycles. The number of benzene rings is 1. The van der Waals surface area contributed by atoms with Crippen molar-refractivity contribution in [3.63, 3.8) is 0 Å². The lowest BCUT2D eigenvalue weighted by atomic mass is 9.98. The highest BCUT2D eigenvalue weighted by molar-refractivity contribution is 6.33. The minimum absolute atomic E-state index is 0.00960. The second kappa shape index (κ2) is 4.06. The van der Waals surface area contributed by atoms with E-state index in [1.807, 2.05) is 6.92 Å². The summed E-state index contributed by atoms with van der Waals surface area (Å²) in [5.41, 5.74) is 0.978. The molecule has 0 heterocycles. The number of phenols is 1. The number of hydrogen-bond donors (Lipinski definition) is 1. The molecule has 0 saturated heterocycles. The van der Waals surface area contributed by atoms with Gasteiger partial charge in [-0.05, 0) is 31.4 Å². The van der Waals surface area contributed by atoms with E-state index in [-0.39, 0.29) is 11.5 Å². The Bertz CT molecular complexity index is 517. The first-order chi connectivity index (χ1) is 8.05. The number of aromatic hydroxyl groups is 1. The molecule has 0 radical (unpaired) electrons. The number of halogens is 1. The molecular formula is C12H12ClNO3. The van der Waals surface area contributed by atoms with E-state index >= 15 is 0 Å². The average molecular weight is 254 g/mol. The fraction of sp³-hybridized carbons (Fsp3) is 0.417. The van der Waals surface area contributed by atoms with Gasteiger partial charge in [0.1, 0.15) is 5.54 Å². The third-order valence-electron chi connectivity index (χ3n) is 3.05. The lowest BCUT2D eigenvalue weighted by molar-refractivity contribution is 0.372. The summed E-state index contributed by atoms with van der Waals surface area (Å²) in [4.78, 5) is 14.3. The zero-order chi connectivity index (χ0) is 12.6. The number of aryl methyl sites for hydroxylation is 1. The number of methoxy groups -OCH3 is 1. The van der Waals surface area contributed by atoms with Gasteiger partial charge in [-0.25, -0.2) is 4.79 Å². The summed E-state index contributed by atoms with van der Waals surface area (Å²) in [6.45, 7) is 1.82. The van der Waals surface area contributed by atoms with Crippen molar-refractivity contribution < 1.29 is 14.6 Å². The van der Waals surface area contributed by atoms with Crippen LogP contribution in [0.2, 0.25) is 5.02 Å². The van der Waals surface area contributed by atoms with Crippen molar-refractivity contribution in [3.05, 3.63) is 22.2 Å². The second-order valence-corrected chi connectivity index (χ2v) is 4.55. The third kappa shape index (κ3) is 1.79. The zero-order valence-corrected chi connectivity index (χ0v) is 10.3. The Labute approximate surface area is 104 Å². The van der Waals surface area contributed by atoms with Crippen LogP contribution in [0.1, 0.15) is 24.0 Å². The maximum Gasteiger partial charge on any atom is 0.235 e. The van der Waals surface area contributed by atoms with Crippen LogP contribution in [0, 0.1) is 6.92 Å². The maximum absolute atomic E-state index is 10.5. The van der Waals surface area contributed by atoms with Gasteiger partial charge in [-0.1, -0.05) is 11.6 Å². The van der Waals surface area contributed by atoms with Crippen LogP contribution in [0.15, 0.2) is 11.1 Å². The molecule has 0 atom stereocenters. The number of hydrogen-bond acceptors (Lipinski definition) is 4. The Balaban J connectivity index is 2.66. The van der Waals surface area contributed by atoms with Gasteiger partial charge in [0.2, 0.25) is 6.08 Å². The van der Waals surface area contributed by atoms with Gasteiger partial charge in [-0.3, -0.25) is 0 Å². The van der Waals surface area contributed by atoms with Crippen LogP contribution >= 0.6 is 11.6 Å². The highest BCUT2D eigenvalue weighted by atomic mass is 35.5. The number of isocyanates is 1. The van der Waals surface area contributed by atoms with E-state index in [1.165, 1.54) is 7.11 Å². The molecule has 0 amide bonds. The third-order valence-corrected chi connectivity index (χ3v) is 3.41. The van der Waals surface area contributed by atoms with Crippen molar-refractivity contribution in [3.8, 4) is 11.5 Å². The fourth-order valence-electron chi connectivity index (χ4n) is 2.13. The lowest BCUT2D eigenvalue weighted by Gasteiger charge is -2.17. The van der Waals surface area contributed by atoms with Crippen molar-refractivity contribution in [1.82, 2.24) is 0 Å². The van der Waals surface area contributed by atoms with Gasteiger partial charge < -0.3 is 9.84 Å². The molecular weight excluding hydrogens is 242 g/mol. The minimum Gasteiger partial charge on any atom is -0.504 e. The van der Waals surface area contributed by atoms with E-state index in [4.69, 9.17) is 16.3 Å². The van der Waals surface area contributed by atoms with Gasteiger partial charge in [0, 0.05) is 5.56 Å². The average Bonchev–Trinajstić information content (AvgIpc) is 2.98. The first kappa shape index (κ1) is 12.0. The van der Waals surface area contributed by atoms with Gasteiger partial charge >= 0.3 is 0 Å². The molecule has 2 rings (SSSR count). The van der Waals surface area contributed by atoms with Crippen molar-refractivity contribution in [2.75, 3.05) is 7.11 Å². The Morgan fingerprint density at radius 2 is 2.24 bits per heavy atom. The summed E-state index contributed by atoms with van der Waals surface area (Å²) in [5.74, 6) is 0.212. The predicted octanol–water partition coefficient (Wildman–Crippen LogP) is 2.69. The molecule has 0 aromatic heterocycles. The van der Waals surface area contributed by atoms with Crippen molar-refractivity contribution in [2.24, 2.45) is 4.99 Å². The van der Waals surface area contributed by atoms with E-state index in [9.17, 15) is 9.90 Å². The Kier molecular flexibility index (Phi) is 2.86. The largest absolute Gasteiger partial charge is 0.504 e. The van der Waals surface area contributed by atoms with Crippen LogP contribution in [-0.2, 0) is 10.3 Å². The number of carbonyl (C=O) groups excluding carboxylic acids is 1. The second-order valence-electron chi connectivity index (χ2n) is 4.17. The van der Waals surface area contributed by atoms with Gasteiger partial charge in [0.15, 0.2) is 11.5 Å². The van der Waals surface area contributed by atoms with Gasteiger partial charge in [0.25, 0.3) is 0 Å². The highest BCUT2D eigenvalue weighted by Gasteiger charge is 2.48. The molecule has 1 aliphatic carbocycles. The summed E-state index contributed by atoms with van der Waals surface area (Å²) in [6.07, 6.45) is 3.11. The van der Waals surface area contributed by atoms with Gasteiger partial charge in [-0.15, -0.1) is 0 Å². The molecule has 0 unspecified atom stereocenters. The van der Waals surface area contributed by atoms with E-state index in [0.717, 1.165) is 24.0 Å². The van der Waals surface area contributed by atoms with Crippen LogP contribution in [0.5, 0.6) is 11.5 Å². The smallest absolute Gasteiger partial charge is 0.235 e. The van der Waals surface area contributed by atoms with E-state index in [2.05, 4.69) is 4.99 Å². The summed E-state index contributed by atoms with van der Waals surface area (Å²) >= 11 is 6.20. The van der Waals surface area contributed by atoms with Crippen LogP contribution in [0.4, 0.5) is 0 Å². The summed E-state index contributed by atoms with van der Waals surface area (Å²) < 4.78 is 5.05. The van der Waals surface area contributed by atoms with Gasteiger partial charge in [0.05, 0.1) is 12.1 Å². The van der Waals surface area contributed by atoms with Crippen LogP contribution in [0.3, 0.4) is 0 Å². The SMILES string of the molecule is COc1c(O)cc(C)c(C2(N=C=O)CC2)c1Cl. The van der Waals surface area contributed by atoms with Crippen LogP contribution in [0.25, 0.3) is 0 Å². The van der Waals surface area contributed by atoms with E-state index < -0.39 is 5.54 Å². The summed E-state index contributed by atoms with van der Waals surface area (Å²) in [6, 6.07) is 1.57. The number of phenolic OH excluding ortho intramolecular Hbond substituents is 1. The first-order valence-electron chi connectivity index (χ1n) is 5.21. The summed E-state index contributed by atoms with van der Waals surface area (Å²) in [5, 5.41) is 10.0. The van der Waals surface area contributed by atoms with Crippen LogP contribution in [-0.4, -0.2) is 18.3 Å². The first-order valence-corrected chi connectivity index (χ1v) is 5.59.